The third kappa shape index (κ3) is 8.75. The highest BCUT2D eigenvalue weighted by atomic mass is 28.3. The van der Waals surface area contributed by atoms with Gasteiger partial charge in [-0.2, -0.15) is 8.78 Å². The van der Waals surface area contributed by atoms with E-state index in [9.17, 15) is 0 Å². The van der Waals surface area contributed by atoms with Gasteiger partial charge in [-0.05, 0) is 117 Å². The fraction of sp³-hybridized carbons (Fsp3) is 0.404. The Balaban J connectivity index is 1.63. The molecule has 0 amide bonds. The Morgan fingerprint density at radius 1 is 0.545 bits per heavy atom. The summed E-state index contributed by atoms with van der Waals surface area (Å²) >= 11 is 0. The van der Waals surface area contributed by atoms with E-state index in [2.05, 4.69) is 89.8 Å². The van der Waals surface area contributed by atoms with Crippen LogP contribution in [0.1, 0.15) is 109 Å². The van der Waals surface area contributed by atoms with Crippen molar-refractivity contribution in [3.63, 3.8) is 0 Å². The highest BCUT2D eigenvalue weighted by Crippen LogP contribution is 2.49. The summed E-state index contributed by atoms with van der Waals surface area (Å²) in [7, 11) is -3.60. The molecule has 55 heavy (non-hydrogen) atoms. The van der Waals surface area contributed by atoms with E-state index < -0.39 is 25.1 Å². The van der Waals surface area contributed by atoms with E-state index in [1.54, 1.807) is 6.07 Å². The lowest BCUT2D eigenvalue weighted by Crippen LogP contribution is -2.55. The maximum Gasteiger partial charge on any atom is 0.331 e. The molecule has 5 aromatic rings. The molecular weight excluding hydrogens is 713 g/mol. The van der Waals surface area contributed by atoms with Crippen LogP contribution in [-0.4, -0.2) is 23.6 Å². The number of pyridine rings is 2. The number of benzene rings is 3. The molecule has 2 heterocycles. The van der Waals surface area contributed by atoms with Crippen molar-refractivity contribution in [2.75, 3.05) is 0 Å². The molecule has 0 atom stereocenters. The zero-order valence-corrected chi connectivity index (χ0v) is 35.6. The van der Waals surface area contributed by atoms with Crippen LogP contribution >= 0.6 is 0 Å². The van der Waals surface area contributed by atoms with Gasteiger partial charge in [-0.25, -0.2) is 8.78 Å². The van der Waals surface area contributed by atoms with Crippen LogP contribution in [0.3, 0.4) is 0 Å². The lowest BCUT2D eigenvalue weighted by molar-refractivity contribution is -0.171. The minimum absolute atomic E-state index is 0.159. The average molecular weight is 769 g/mol. The normalized spacial score (nSPS) is 13.1. The number of rotatable bonds is 10. The first-order valence-corrected chi connectivity index (χ1v) is 22.6. The monoisotopic (exact) mass is 768 g/mol. The third-order valence-electron chi connectivity index (χ3n) is 10.3. The molecule has 0 unspecified atom stereocenters. The van der Waals surface area contributed by atoms with E-state index >= 15 is 17.6 Å². The Bertz CT molecular complexity index is 2150. The summed E-state index contributed by atoms with van der Waals surface area (Å²) in [6, 6.07) is 24.5. The first-order valence-electron chi connectivity index (χ1n) is 19.1. The number of hydrogen-bond donors (Lipinski definition) is 0. The second kappa shape index (κ2) is 15.0. The van der Waals surface area contributed by atoms with E-state index in [0.717, 1.165) is 40.1 Å². The molecule has 0 aliphatic carbocycles. The van der Waals surface area contributed by atoms with E-state index in [1.165, 1.54) is 42.5 Å². The molecule has 0 saturated heterocycles. The molecule has 0 N–H and O–H groups in total. The standard InChI is InChI=1S/C47H56F4N2OSi/c1-29(2)39-15-14-16-40(30(3)4)43(39)31-17-19-52-41(25-31)32-21-35(44(5,6)7)26-37(23-32)54-38-24-33(22-36(27-38)45(8,9)10)42-28-34(18-20-53-42)46(48,49)47(50,51)55(11,12)13/h14-30H,1-13H3. The van der Waals surface area contributed by atoms with E-state index in [-0.39, 0.29) is 16.5 Å². The highest BCUT2D eigenvalue weighted by molar-refractivity contribution is 6.78. The quantitative estimate of drug-likeness (QED) is 0.105. The van der Waals surface area contributed by atoms with Crippen molar-refractivity contribution >= 4 is 8.07 Å². The van der Waals surface area contributed by atoms with Crippen LogP contribution in [0.5, 0.6) is 11.5 Å². The van der Waals surface area contributed by atoms with Gasteiger partial charge in [-0.3, -0.25) is 9.97 Å². The molecule has 0 bridgehead atoms. The highest BCUT2D eigenvalue weighted by Gasteiger charge is 2.64. The smallest absolute Gasteiger partial charge is 0.331 e. The van der Waals surface area contributed by atoms with Crippen LogP contribution in [0.25, 0.3) is 33.6 Å². The maximum absolute atomic E-state index is 15.5. The molecule has 0 saturated carbocycles. The Labute approximate surface area is 326 Å². The molecule has 292 valence electrons. The van der Waals surface area contributed by atoms with Crippen molar-refractivity contribution in [1.82, 2.24) is 9.97 Å². The molecule has 2 aromatic heterocycles. The molecule has 8 heteroatoms. The summed E-state index contributed by atoms with van der Waals surface area (Å²) in [5, 5.41) is 0. The van der Waals surface area contributed by atoms with Gasteiger partial charge in [0, 0.05) is 29.1 Å². The van der Waals surface area contributed by atoms with E-state index in [0.29, 0.717) is 28.9 Å². The number of nitrogens with zero attached hydrogens (tertiary/aromatic N) is 2. The van der Waals surface area contributed by atoms with Gasteiger partial charge in [0.05, 0.1) is 11.4 Å². The van der Waals surface area contributed by atoms with Crippen LogP contribution in [0.4, 0.5) is 17.6 Å². The Morgan fingerprint density at radius 2 is 1.00 bits per heavy atom. The summed E-state index contributed by atoms with van der Waals surface area (Å²) in [6.45, 7) is 25.2. The molecular formula is C47H56F4N2OSi. The first-order chi connectivity index (χ1) is 25.3. The zero-order valence-electron chi connectivity index (χ0n) is 34.6. The van der Waals surface area contributed by atoms with Crippen LogP contribution in [0.15, 0.2) is 91.3 Å². The van der Waals surface area contributed by atoms with Crippen molar-refractivity contribution in [1.29, 1.82) is 0 Å². The molecule has 0 aliphatic heterocycles. The first kappa shape index (κ1) is 41.9. The zero-order chi connectivity index (χ0) is 40.9. The predicted molar refractivity (Wildman–Crippen MR) is 223 cm³/mol. The van der Waals surface area contributed by atoms with Crippen LogP contribution in [0.2, 0.25) is 19.6 Å². The topological polar surface area (TPSA) is 35.0 Å². The van der Waals surface area contributed by atoms with Crippen molar-refractivity contribution in [2.45, 2.75) is 123 Å². The summed E-state index contributed by atoms with van der Waals surface area (Å²) < 4.78 is 68.1. The minimum atomic E-state index is -4.36. The van der Waals surface area contributed by atoms with E-state index in [1.807, 2.05) is 51.2 Å². The number of alkyl halides is 4. The largest absolute Gasteiger partial charge is 0.457 e. The SMILES string of the molecule is CC(C)c1cccc(C(C)C)c1-c1ccnc(-c2cc(Oc3cc(-c4cc(C(F)(F)C(F)(F)[Si](C)(C)C)ccn4)cc(C(C)(C)C)c3)cc(C(C)(C)C)c2)c1. The summed E-state index contributed by atoms with van der Waals surface area (Å²) in [6.07, 6.45) is 3.03. The van der Waals surface area contributed by atoms with Gasteiger partial charge >= 0.3 is 5.92 Å². The van der Waals surface area contributed by atoms with Crippen LogP contribution in [-0.2, 0) is 16.8 Å². The van der Waals surface area contributed by atoms with E-state index in [4.69, 9.17) is 9.72 Å². The lowest BCUT2D eigenvalue weighted by atomic mass is 9.84. The molecule has 0 aliphatic rings. The molecule has 0 fully saturated rings. The van der Waals surface area contributed by atoms with Gasteiger partial charge in [0.25, 0.3) is 5.55 Å². The fourth-order valence-electron chi connectivity index (χ4n) is 6.68. The van der Waals surface area contributed by atoms with Gasteiger partial charge < -0.3 is 4.74 Å². The number of aromatic nitrogens is 2. The lowest BCUT2D eigenvalue weighted by Gasteiger charge is -2.35. The van der Waals surface area contributed by atoms with Crippen LogP contribution in [0, 0.1) is 0 Å². The Kier molecular flexibility index (Phi) is 11.4. The summed E-state index contributed by atoms with van der Waals surface area (Å²) in [5.41, 5.74) is 3.68. The van der Waals surface area contributed by atoms with Crippen molar-refractivity contribution in [3.05, 3.63) is 119 Å². The van der Waals surface area contributed by atoms with Gasteiger partial charge in [-0.15, -0.1) is 0 Å². The molecule has 0 radical (unpaired) electrons. The van der Waals surface area contributed by atoms with Crippen molar-refractivity contribution < 1.29 is 22.3 Å². The van der Waals surface area contributed by atoms with Gasteiger partial charge in [0.2, 0.25) is 0 Å². The minimum Gasteiger partial charge on any atom is -0.457 e. The maximum atomic E-state index is 15.5. The third-order valence-corrected chi connectivity index (χ3v) is 12.5. The number of ether oxygens (including phenoxy) is 1. The van der Waals surface area contributed by atoms with Crippen molar-refractivity contribution in [2.24, 2.45) is 0 Å². The number of halogens is 4. The summed E-state index contributed by atoms with van der Waals surface area (Å²) in [4.78, 5) is 9.22. The molecule has 5 rings (SSSR count). The average Bonchev–Trinajstić information content (AvgIpc) is 3.09. The molecule has 3 nitrogen and oxygen atoms in total. The van der Waals surface area contributed by atoms with Crippen LogP contribution < -0.4 is 4.74 Å². The van der Waals surface area contributed by atoms with Crippen molar-refractivity contribution in [3.8, 4) is 45.1 Å². The Morgan fingerprint density at radius 3 is 1.44 bits per heavy atom. The fourth-order valence-corrected chi connectivity index (χ4v) is 7.76. The van der Waals surface area contributed by atoms with Gasteiger partial charge in [-0.1, -0.05) is 107 Å². The second-order valence-electron chi connectivity index (χ2n) is 18.5. The number of hydrogen-bond acceptors (Lipinski definition) is 3. The summed E-state index contributed by atoms with van der Waals surface area (Å²) in [5.74, 6) is -2.63. The predicted octanol–water partition coefficient (Wildman–Crippen LogP) is 14.7. The second-order valence-corrected chi connectivity index (χ2v) is 23.6. The van der Waals surface area contributed by atoms with Gasteiger partial charge in [0.15, 0.2) is 0 Å². The molecule has 0 spiro atoms. The molecule has 3 aromatic carbocycles. The van der Waals surface area contributed by atoms with Gasteiger partial charge in [0.1, 0.15) is 19.6 Å². The Hall–Kier alpha value is -4.30.